The monoisotopic (exact) mass is 232 g/mol. The predicted molar refractivity (Wildman–Crippen MR) is 66.9 cm³/mol. The SMILES string of the molecule is NC(=O)C/C=C/c1ccccc1.O=C1CCN1. The second-order valence-corrected chi connectivity index (χ2v) is 3.58. The fraction of sp³-hybridized carbons (Fsp3) is 0.231. The Labute approximate surface area is 101 Å². The molecule has 0 aliphatic carbocycles. The first-order valence-electron chi connectivity index (χ1n) is 5.45. The van der Waals surface area contributed by atoms with Gasteiger partial charge in [0.2, 0.25) is 11.8 Å². The van der Waals surface area contributed by atoms with Gasteiger partial charge in [-0.05, 0) is 5.56 Å². The van der Waals surface area contributed by atoms with Gasteiger partial charge >= 0.3 is 0 Å². The average molecular weight is 232 g/mol. The molecule has 3 N–H and O–H groups in total. The lowest BCUT2D eigenvalue weighted by Crippen LogP contribution is -2.37. The molecule has 0 saturated carbocycles. The van der Waals surface area contributed by atoms with Crippen LogP contribution < -0.4 is 11.1 Å². The van der Waals surface area contributed by atoms with Crippen LogP contribution in [0.4, 0.5) is 0 Å². The highest BCUT2D eigenvalue weighted by atomic mass is 16.2. The number of benzene rings is 1. The predicted octanol–water partition coefficient (Wildman–Crippen LogP) is 1.08. The van der Waals surface area contributed by atoms with Gasteiger partial charge in [0.05, 0.1) is 0 Å². The largest absolute Gasteiger partial charge is 0.369 e. The lowest BCUT2D eigenvalue weighted by Gasteiger charge is -2.10. The van der Waals surface area contributed by atoms with Gasteiger partial charge in [-0.2, -0.15) is 0 Å². The number of carbonyl (C=O) groups excluding carboxylic acids is 2. The number of hydrogen-bond donors (Lipinski definition) is 2. The van der Waals surface area contributed by atoms with Crippen LogP contribution in [0.25, 0.3) is 6.08 Å². The van der Waals surface area contributed by atoms with Crippen molar-refractivity contribution >= 4 is 17.9 Å². The Kier molecular flexibility index (Phi) is 5.51. The minimum absolute atomic E-state index is 0.185. The fourth-order valence-corrected chi connectivity index (χ4v) is 1.10. The van der Waals surface area contributed by atoms with Crippen molar-refractivity contribution in [3.05, 3.63) is 42.0 Å². The van der Waals surface area contributed by atoms with Gasteiger partial charge in [0.1, 0.15) is 0 Å². The number of amides is 2. The Hall–Kier alpha value is -2.10. The van der Waals surface area contributed by atoms with E-state index in [9.17, 15) is 9.59 Å². The first-order valence-corrected chi connectivity index (χ1v) is 5.45. The van der Waals surface area contributed by atoms with Gasteiger partial charge in [-0.25, -0.2) is 0 Å². The summed E-state index contributed by atoms with van der Waals surface area (Å²) >= 11 is 0. The highest BCUT2D eigenvalue weighted by Crippen LogP contribution is 2.01. The molecule has 1 saturated heterocycles. The van der Waals surface area contributed by atoms with Crippen LogP contribution in [-0.2, 0) is 9.59 Å². The van der Waals surface area contributed by atoms with E-state index in [1.54, 1.807) is 6.08 Å². The van der Waals surface area contributed by atoms with E-state index in [1.807, 2.05) is 36.4 Å². The Bertz CT molecular complexity index is 393. The normalized spacial score (nSPS) is 13.3. The van der Waals surface area contributed by atoms with Crippen molar-refractivity contribution in [2.45, 2.75) is 12.8 Å². The summed E-state index contributed by atoms with van der Waals surface area (Å²) in [6, 6.07) is 9.79. The Morgan fingerprint density at radius 1 is 1.35 bits per heavy atom. The highest BCUT2D eigenvalue weighted by Gasteiger charge is 2.07. The van der Waals surface area contributed by atoms with Gasteiger partial charge in [-0.1, -0.05) is 42.5 Å². The summed E-state index contributed by atoms with van der Waals surface area (Å²) in [5.74, 6) is -0.118. The van der Waals surface area contributed by atoms with E-state index in [0.717, 1.165) is 18.5 Å². The number of carbonyl (C=O) groups is 2. The number of hydrogen-bond acceptors (Lipinski definition) is 2. The Balaban J connectivity index is 0.000000239. The van der Waals surface area contributed by atoms with Crippen LogP contribution in [0.5, 0.6) is 0 Å². The molecule has 1 aliphatic rings. The molecule has 0 bridgehead atoms. The quantitative estimate of drug-likeness (QED) is 0.765. The average Bonchev–Trinajstić information content (AvgIpc) is 2.28. The van der Waals surface area contributed by atoms with Crippen LogP contribution in [-0.4, -0.2) is 18.4 Å². The highest BCUT2D eigenvalue weighted by molar-refractivity contribution is 5.81. The number of nitrogens with two attached hydrogens (primary N) is 1. The lowest BCUT2D eigenvalue weighted by atomic mass is 10.2. The van der Waals surface area contributed by atoms with E-state index in [1.165, 1.54) is 0 Å². The van der Waals surface area contributed by atoms with Crippen LogP contribution >= 0.6 is 0 Å². The zero-order valence-electron chi connectivity index (χ0n) is 9.56. The summed E-state index contributed by atoms with van der Waals surface area (Å²) in [6.45, 7) is 0.888. The van der Waals surface area contributed by atoms with Gasteiger partial charge in [-0.15, -0.1) is 0 Å². The van der Waals surface area contributed by atoms with Crippen molar-refractivity contribution in [3.63, 3.8) is 0 Å². The van der Waals surface area contributed by atoms with Crippen molar-refractivity contribution in [1.82, 2.24) is 5.32 Å². The Morgan fingerprint density at radius 2 is 1.94 bits per heavy atom. The number of primary amides is 1. The van der Waals surface area contributed by atoms with E-state index in [2.05, 4.69) is 5.32 Å². The molecule has 1 aromatic rings. The minimum Gasteiger partial charge on any atom is -0.369 e. The summed E-state index contributed by atoms with van der Waals surface area (Å²) in [7, 11) is 0. The van der Waals surface area contributed by atoms with Crippen molar-refractivity contribution in [2.24, 2.45) is 5.73 Å². The topological polar surface area (TPSA) is 72.2 Å². The standard InChI is InChI=1S/C10H11NO.C3H5NO/c11-10(12)8-4-7-9-5-2-1-3-6-9;5-3-1-2-4-3/h1-7H,8H2,(H2,11,12);1-2H2,(H,4,5)/b7-4+;. The third kappa shape index (κ3) is 6.14. The number of rotatable bonds is 3. The van der Waals surface area contributed by atoms with E-state index < -0.39 is 0 Å². The van der Waals surface area contributed by atoms with Gasteiger partial charge in [0.25, 0.3) is 0 Å². The molecule has 4 heteroatoms. The van der Waals surface area contributed by atoms with E-state index in [0.29, 0.717) is 6.42 Å². The molecule has 1 aliphatic heterocycles. The lowest BCUT2D eigenvalue weighted by molar-refractivity contribution is -0.125. The molecule has 17 heavy (non-hydrogen) atoms. The smallest absolute Gasteiger partial charge is 0.221 e. The molecule has 1 heterocycles. The first-order chi connectivity index (χ1) is 8.18. The molecule has 0 aromatic heterocycles. The summed E-state index contributed by atoms with van der Waals surface area (Å²) in [5.41, 5.74) is 6.05. The summed E-state index contributed by atoms with van der Waals surface area (Å²) < 4.78 is 0. The Morgan fingerprint density at radius 3 is 2.35 bits per heavy atom. The second-order valence-electron chi connectivity index (χ2n) is 3.58. The van der Waals surface area contributed by atoms with Crippen molar-refractivity contribution in [1.29, 1.82) is 0 Å². The van der Waals surface area contributed by atoms with Gasteiger partial charge in [-0.3, -0.25) is 9.59 Å². The van der Waals surface area contributed by atoms with Crippen LogP contribution in [0.15, 0.2) is 36.4 Å². The van der Waals surface area contributed by atoms with E-state index in [4.69, 9.17) is 5.73 Å². The van der Waals surface area contributed by atoms with Crippen LogP contribution in [0, 0.1) is 0 Å². The third-order valence-corrected chi connectivity index (χ3v) is 2.10. The first kappa shape index (κ1) is 13.0. The van der Waals surface area contributed by atoms with Crippen molar-refractivity contribution < 1.29 is 9.59 Å². The van der Waals surface area contributed by atoms with Crippen LogP contribution in [0.2, 0.25) is 0 Å². The second kappa shape index (κ2) is 7.22. The minimum atomic E-state index is -0.304. The number of nitrogens with one attached hydrogen (secondary N) is 1. The van der Waals surface area contributed by atoms with E-state index in [-0.39, 0.29) is 11.8 Å². The van der Waals surface area contributed by atoms with Crippen molar-refractivity contribution in [3.8, 4) is 0 Å². The maximum absolute atomic E-state index is 10.4. The summed E-state index contributed by atoms with van der Waals surface area (Å²) in [5, 5.41) is 2.57. The van der Waals surface area contributed by atoms with Gasteiger partial charge in [0, 0.05) is 19.4 Å². The van der Waals surface area contributed by atoms with Gasteiger partial charge < -0.3 is 11.1 Å². The molecule has 4 nitrogen and oxygen atoms in total. The van der Waals surface area contributed by atoms with Gasteiger partial charge in [0.15, 0.2) is 0 Å². The maximum atomic E-state index is 10.4. The van der Waals surface area contributed by atoms with E-state index >= 15 is 0 Å². The molecule has 1 aromatic carbocycles. The van der Waals surface area contributed by atoms with Crippen molar-refractivity contribution in [2.75, 3.05) is 6.54 Å². The molecule has 0 radical (unpaired) electrons. The molecule has 2 rings (SSSR count). The molecule has 0 unspecified atom stereocenters. The summed E-state index contributed by atoms with van der Waals surface area (Å²) in [4.78, 5) is 20.1. The molecule has 2 amide bonds. The number of β-lactam (4-membered cyclic amide) rings is 1. The fourth-order valence-electron chi connectivity index (χ4n) is 1.10. The summed E-state index contributed by atoms with van der Waals surface area (Å²) in [6.07, 6.45) is 4.68. The molecular weight excluding hydrogens is 216 g/mol. The molecular formula is C13H16N2O2. The molecule has 0 atom stereocenters. The van der Waals surface area contributed by atoms with Crippen LogP contribution in [0.1, 0.15) is 18.4 Å². The third-order valence-electron chi connectivity index (χ3n) is 2.10. The van der Waals surface area contributed by atoms with Crippen LogP contribution in [0.3, 0.4) is 0 Å². The maximum Gasteiger partial charge on any atom is 0.221 e. The molecule has 0 spiro atoms. The molecule has 90 valence electrons. The zero-order chi connectivity index (χ0) is 12.5. The zero-order valence-corrected chi connectivity index (χ0v) is 9.56. The molecule has 1 fully saturated rings.